The molecule has 194 valence electrons. The maximum absolute atomic E-state index is 14.5. The number of unbranched alkanes of at least 4 members (excludes halogenated alkanes) is 1. The molecule has 0 N–H and O–H groups in total. The summed E-state index contributed by atoms with van der Waals surface area (Å²) in [5.74, 6) is 0.574. The number of nitrogens with zero attached hydrogens (tertiary/aromatic N) is 2. The third-order valence-electron chi connectivity index (χ3n) is 6.68. The summed E-state index contributed by atoms with van der Waals surface area (Å²) in [6.07, 6.45) is 2.30. The molecule has 4 heteroatoms. The average Bonchev–Trinajstić information content (AvgIpc) is 2.95. The molecule has 0 fully saturated rings. The van der Waals surface area contributed by atoms with Crippen LogP contribution in [0.2, 0.25) is 0 Å². The number of aryl methyl sites for hydroxylation is 2. The van der Waals surface area contributed by atoms with E-state index in [1.54, 1.807) is 0 Å². The monoisotopic (exact) mass is 522 g/mol. The minimum Gasteiger partial charge on any atom is -0.306 e. The molecule has 1 amide bonds. The molecule has 3 nitrogen and oxygen atoms in total. The topological polar surface area (TPSA) is 32.7 Å². The van der Waals surface area contributed by atoms with Crippen molar-refractivity contribution in [1.82, 2.24) is 0 Å². The van der Waals surface area contributed by atoms with Crippen LogP contribution in [0.5, 0.6) is 0 Å². The van der Waals surface area contributed by atoms with Crippen LogP contribution in [0.25, 0.3) is 0 Å². The average molecular weight is 523 g/mol. The van der Waals surface area contributed by atoms with Crippen LogP contribution in [-0.2, 0) is 11.3 Å². The lowest BCUT2D eigenvalue weighted by Gasteiger charge is -2.29. The van der Waals surface area contributed by atoms with E-state index < -0.39 is 6.04 Å². The number of hydrogen-bond donors (Lipinski definition) is 0. The smallest absolute Gasteiger partial charge is 0.252 e. The molecule has 0 spiro atoms. The second-order valence-electron chi connectivity index (χ2n) is 9.56. The quantitative estimate of drug-likeness (QED) is 0.111. The Morgan fingerprint density at radius 3 is 1.79 bits per heavy atom. The Morgan fingerprint density at radius 1 is 0.737 bits per heavy atom. The Labute approximate surface area is 231 Å². The van der Waals surface area contributed by atoms with Crippen molar-refractivity contribution in [2.45, 2.75) is 45.7 Å². The van der Waals surface area contributed by atoms with Gasteiger partial charge in [-0.05, 0) is 49.8 Å². The maximum Gasteiger partial charge on any atom is 0.252 e. The van der Waals surface area contributed by atoms with Crippen LogP contribution in [0, 0.1) is 13.8 Å². The zero-order valence-electron chi connectivity index (χ0n) is 22.2. The summed E-state index contributed by atoms with van der Waals surface area (Å²) in [6, 6.07) is 36.1. The molecule has 38 heavy (non-hydrogen) atoms. The van der Waals surface area contributed by atoms with Crippen molar-refractivity contribution >= 4 is 28.9 Å². The summed E-state index contributed by atoms with van der Waals surface area (Å²) in [7, 11) is 0. The summed E-state index contributed by atoms with van der Waals surface area (Å²) in [4.78, 5) is 21.7. The van der Waals surface area contributed by atoms with Crippen molar-refractivity contribution in [3.05, 3.63) is 137 Å². The number of alkyl halides is 1. The van der Waals surface area contributed by atoms with Gasteiger partial charge in [0.2, 0.25) is 0 Å². The van der Waals surface area contributed by atoms with Crippen LogP contribution in [0.3, 0.4) is 0 Å². The fourth-order valence-electron chi connectivity index (χ4n) is 4.78. The number of hydrogen-bond acceptors (Lipinski definition) is 2. The first-order chi connectivity index (χ1) is 18.6. The molecule has 0 saturated carbocycles. The number of para-hydroxylation sites is 1. The van der Waals surface area contributed by atoms with Crippen molar-refractivity contribution in [2.24, 2.45) is 4.99 Å². The molecule has 0 radical (unpaired) electrons. The molecular formula is C34H35ClN2O. The Hall–Kier alpha value is -3.69. The SMILES string of the molecule is Cc1cccc(C)c1N(Cc1ccccc1)C(=O)[C@H](CCCCCl)N=C(c1ccccc1)c1ccccc1. The predicted molar refractivity (Wildman–Crippen MR) is 160 cm³/mol. The van der Waals surface area contributed by atoms with Gasteiger partial charge in [-0.1, -0.05) is 109 Å². The van der Waals surface area contributed by atoms with Crippen LogP contribution >= 0.6 is 11.6 Å². The molecule has 4 aromatic carbocycles. The predicted octanol–water partition coefficient (Wildman–Crippen LogP) is 8.15. The largest absolute Gasteiger partial charge is 0.306 e. The van der Waals surface area contributed by atoms with E-state index in [0.29, 0.717) is 18.8 Å². The molecular weight excluding hydrogens is 488 g/mol. The second kappa shape index (κ2) is 13.7. The van der Waals surface area contributed by atoms with Crippen molar-refractivity contribution < 1.29 is 4.79 Å². The number of halogens is 1. The van der Waals surface area contributed by atoms with Crippen LogP contribution in [-0.4, -0.2) is 23.5 Å². The minimum absolute atomic E-state index is 0.00480. The van der Waals surface area contributed by atoms with Crippen molar-refractivity contribution in [1.29, 1.82) is 0 Å². The molecule has 0 aliphatic heterocycles. The number of amides is 1. The van der Waals surface area contributed by atoms with Crippen molar-refractivity contribution in [3.8, 4) is 0 Å². The first kappa shape index (κ1) is 27.3. The lowest BCUT2D eigenvalue weighted by molar-refractivity contribution is -0.120. The van der Waals surface area contributed by atoms with Crippen LogP contribution in [0.4, 0.5) is 5.69 Å². The normalized spacial score (nSPS) is 11.6. The van der Waals surface area contributed by atoms with Crippen LogP contribution in [0.15, 0.2) is 114 Å². The van der Waals surface area contributed by atoms with Crippen LogP contribution in [0.1, 0.15) is 47.1 Å². The van der Waals surface area contributed by atoms with Gasteiger partial charge in [0.05, 0.1) is 12.3 Å². The van der Waals surface area contributed by atoms with Gasteiger partial charge in [0.25, 0.3) is 5.91 Å². The minimum atomic E-state index is -0.545. The van der Waals surface area contributed by atoms with Crippen molar-refractivity contribution in [3.63, 3.8) is 0 Å². The Morgan fingerprint density at radius 2 is 1.26 bits per heavy atom. The maximum atomic E-state index is 14.5. The zero-order chi connectivity index (χ0) is 26.7. The molecule has 0 aromatic heterocycles. The highest BCUT2D eigenvalue weighted by Crippen LogP contribution is 2.29. The van der Waals surface area contributed by atoms with Gasteiger partial charge < -0.3 is 4.90 Å². The lowest BCUT2D eigenvalue weighted by Crippen LogP contribution is -2.39. The van der Waals surface area contributed by atoms with Gasteiger partial charge >= 0.3 is 0 Å². The number of carbonyl (C=O) groups excluding carboxylic acids is 1. The fourth-order valence-corrected chi connectivity index (χ4v) is 4.97. The Balaban J connectivity index is 1.82. The van der Waals surface area contributed by atoms with E-state index in [1.807, 2.05) is 65.6 Å². The van der Waals surface area contributed by atoms with E-state index in [-0.39, 0.29) is 5.91 Å². The first-order valence-electron chi connectivity index (χ1n) is 13.2. The number of anilines is 1. The van der Waals surface area contributed by atoms with E-state index in [2.05, 4.69) is 62.4 Å². The summed E-state index contributed by atoms with van der Waals surface area (Å²) in [5, 5.41) is 0. The summed E-state index contributed by atoms with van der Waals surface area (Å²) in [5.41, 5.74) is 7.01. The molecule has 0 aliphatic rings. The third-order valence-corrected chi connectivity index (χ3v) is 6.95. The Kier molecular flexibility index (Phi) is 9.89. The summed E-state index contributed by atoms with van der Waals surface area (Å²) < 4.78 is 0. The van der Waals surface area contributed by atoms with Gasteiger partial charge in [0, 0.05) is 22.7 Å². The molecule has 4 aromatic rings. The molecule has 0 aliphatic carbocycles. The van der Waals surface area contributed by atoms with Gasteiger partial charge in [0.15, 0.2) is 0 Å². The lowest BCUT2D eigenvalue weighted by atomic mass is 10.00. The van der Waals surface area contributed by atoms with E-state index in [0.717, 1.165) is 52.1 Å². The number of benzene rings is 4. The molecule has 0 unspecified atom stereocenters. The van der Waals surface area contributed by atoms with Crippen LogP contribution < -0.4 is 4.90 Å². The van der Waals surface area contributed by atoms with Gasteiger partial charge in [-0.15, -0.1) is 11.6 Å². The highest BCUT2D eigenvalue weighted by molar-refractivity contribution is 6.17. The molecule has 0 bridgehead atoms. The molecule has 1 atom stereocenters. The molecule has 4 rings (SSSR count). The van der Waals surface area contributed by atoms with Crippen molar-refractivity contribution in [2.75, 3.05) is 10.8 Å². The fraction of sp³-hybridized carbons (Fsp3) is 0.235. The van der Waals surface area contributed by atoms with Gasteiger partial charge in [-0.3, -0.25) is 9.79 Å². The standard InChI is InChI=1S/C34H35ClN2O/c1-26-15-14-16-27(2)33(26)37(25-28-17-6-3-7-18-28)34(38)31(23-12-13-24-35)36-32(29-19-8-4-9-20-29)30-21-10-5-11-22-30/h3-11,14-22,31H,12-13,23-25H2,1-2H3/t31-/m0/s1. The van der Waals surface area contributed by atoms with E-state index in [4.69, 9.17) is 16.6 Å². The number of carbonyl (C=O) groups is 1. The number of rotatable bonds is 11. The third kappa shape index (κ3) is 6.99. The number of aliphatic imine (C=N–C) groups is 1. The van der Waals surface area contributed by atoms with Gasteiger partial charge in [-0.2, -0.15) is 0 Å². The highest BCUT2D eigenvalue weighted by Gasteiger charge is 2.28. The summed E-state index contributed by atoms with van der Waals surface area (Å²) >= 11 is 6.04. The molecule has 0 heterocycles. The Bertz CT molecular complexity index is 1280. The first-order valence-corrected chi connectivity index (χ1v) is 13.8. The van der Waals surface area contributed by atoms with E-state index in [9.17, 15) is 4.79 Å². The van der Waals surface area contributed by atoms with Gasteiger partial charge in [0.1, 0.15) is 6.04 Å². The van der Waals surface area contributed by atoms with E-state index >= 15 is 0 Å². The highest BCUT2D eigenvalue weighted by atomic mass is 35.5. The summed E-state index contributed by atoms with van der Waals surface area (Å²) in [6.45, 7) is 4.62. The zero-order valence-corrected chi connectivity index (χ0v) is 22.9. The van der Waals surface area contributed by atoms with Gasteiger partial charge in [-0.25, -0.2) is 0 Å². The molecule has 0 saturated heterocycles. The second-order valence-corrected chi connectivity index (χ2v) is 9.94. The van der Waals surface area contributed by atoms with E-state index in [1.165, 1.54) is 0 Å².